The van der Waals surface area contributed by atoms with Gasteiger partial charge in [-0.25, -0.2) is 9.97 Å². The zero-order valence-corrected chi connectivity index (χ0v) is 33.1. The molecule has 284 valence electrons. The Morgan fingerprint density at radius 3 is 1.66 bits per heavy atom. The number of hydrogen-bond donors (Lipinski definition) is 0. The van der Waals surface area contributed by atoms with Gasteiger partial charge in [-0.05, 0) is 78.3 Å². The molecule has 0 radical (unpaired) electrons. The van der Waals surface area contributed by atoms with Gasteiger partial charge in [0.2, 0.25) is 0 Å². The molecule has 0 fully saturated rings. The summed E-state index contributed by atoms with van der Waals surface area (Å²) in [4.78, 5) is 10.8. The van der Waals surface area contributed by atoms with Gasteiger partial charge in [0, 0.05) is 33.0 Å². The summed E-state index contributed by atoms with van der Waals surface area (Å²) < 4.78 is 6.57. The Kier molecular flexibility index (Phi) is 8.17. The molecule has 0 aliphatic heterocycles. The van der Waals surface area contributed by atoms with Crippen LogP contribution < -0.4 is 0 Å². The highest BCUT2D eigenvalue weighted by molar-refractivity contribution is 6.20. The Morgan fingerprint density at radius 1 is 0.295 bits per heavy atom. The van der Waals surface area contributed by atoms with Gasteiger partial charge in [0.05, 0.1) is 11.4 Å². The van der Waals surface area contributed by atoms with Gasteiger partial charge < -0.3 is 4.42 Å². The molecule has 0 aliphatic rings. The summed E-state index contributed by atoms with van der Waals surface area (Å²) >= 11 is 0. The SMILES string of the molecule is c1ccc(-c2ccccc2-c2cc(-c3ccccc3-c3cccc4c3oc3ccccc34)nc(-c3ccc(-c4c5ccccc5cc5c4ccc4ccccc45)cc3)n2)cc1. The summed E-state index contributed by atoms with van der Waals surface area (Å²) in [5.41, 5.74) is 13.1. The van der Waals surface area contributed by atoms with E-state index in [0.29, 0.717) is 5.82 Å². The zero-order chi connectivity index (χ0) is 40.3. The third-order valence-corrected chi connectivity index (χ3v) is 12.1. The monoisotopic (exact) mass is 776 g/mol. The lowest BCUT2D eigenvalue weighted by Gasteiger charge is -2.16. The Balaban J connectivity index is 1.05. The van der Waals surface area contributed by atoms with Gasteiger partial charge in [-0.15, -0.1) is 0 Å². The molecule has 3 nitrogen and oxygen atoms in total. The topological polar surface area (TPSA) is 38.9 Å². The van der Waals surface area contributed by atoms with Crippen molar-refractivity contribution in [3.05, 3.63) is 218 Å². The number of furan rings is 1. The van der Waals surface area contributed by atoms with Crippen LogP contribution in [0.1, 0.15) is 0 Å². The Hall–Kier alpha value is -8.14. The van der Waals surface area contributed by atoms with Gasteiger partial charge in [0.25, 0.3) is 0 Å². The van der Waals surface area contributed by atoms with Crippen molar-refractivity contribution in [1.29, 1.82) is 0 Å². The number of benzene rings is 10. The summed E-state index contributed by atoms with van der Waals surface area (Å²) in [5, 5.41) is 9.64. The Labute approximate surface area is 352 Å². The second-order valence-corrected chi connectivity index (χ2v) is 15.6. The van der Waals surface area contributed by atoms with Crippen LogP contribution in [-0.4, -0.2) is 9.97 Å². The standard InChI is InChI=1S/C58H36N2O/c1-2-15-37(16-3-1)42-19-8-10-23-46(42)53-36-54(47-24-11-9-22-45(47)50-26-14-27-51-48-25-12-13-28-55(48)61-57(50)51)60-58(59-53)40-31-29-39(30-32-40)56-44-21-7-5-18-41(44)35-52-43-20-6-4-17-38(43)33-34-49(52)56/h1-36H. The van der Waals surface area contributed by atoms with Gasteiger partial charge in [-0.3, -0.25) is 0 Å². The normalized spacial score (nSPS) is 11.6. The van der Waals surface area contributed by atoms with Crippen molar-refractivity contribution in [3.8, 4) is 67.3 Å². The molecule has 3 heteroatoms. The number of aromatic nitrogens is 2. The van der Waals surface area contributed by atoms with Crippen LogP contribution in [-0.2, 0) is 0 Å². The Morgan fingerprint density at radius 2 is 0.869 bits per heavy atom. The molecule has 0 unspecified atom stereocenters. The lowest BCUT2D eigenvalue weighted by Crippen LogP contribution is -1.98. The second kappa shape index (κ2) is 14.3. The first-order chi connectivity index (χ1) is 30.2. The summed E-state index contributed by atoms with van der Waals surface area (Å²) in [5.74, 6) is 0.660. The van der Waals surface area contributed by atoms with E-state index in [1.54, 1.807) is 0 Å². The molecule has 0 bridgehead atoms. The first-order valence-corrected chi connectivity index (χ1v) is 20.7. The summed E-state index contributed by atoms with van der Waals surface area (Å²) in [6, 6.07) is 77.4. The summed E-state index contributed by atoms with van der Waals surface area (Å²) in [7, 11) is 0. The van der Waals surface area contributed by atoms with Crippen molar-refractivity contribution in [2.45, 2.75) is 0 Å². The minimum absolute atomic E-state index is 0.660. The second-order valence-electron chi connectivity index (χ2n) is 15.6. The van der Waals surface area contributed by atoms with Gasteiger partial charge in [-0.2, -0.15) is 0 Å². The van der Waals surface area contributed by atoms with Crippen molar-refractivity contribution in [2.75, 3.05) is 0 Å². The molecule has 0 saturated heterocycles. The van der Waals surface area contributed by atoms with Crippen LogP contribution in [0.5, 0.6) is 0 Å². The number of hydrogen-bond acceptors (Lipinski definition) is 3. The van der Waals surface area contributed by atoms with E-state index >= 15 is 0 Å². The van der Waals surface area contributed by atoms with Crippen LogP contribution in [0.3, 0.4) is 0 Å². The molecule has 2 heterocycles. The molecule has 0 saturated carbocycles. The average Bonchev–Trinajstić information content (AvgIpc) is 3.73. The van der Waals surface area contributed by atoms with Gasteiger partial charge in [-0.1, -0.05) is 200 Å². The fourth-order valence-electron chi connectivity index (χ4n) is 9.25. The lowest BCUT2D eigenvalue weighted by molar-refractivity contribution is 0.670. The zero-order valence-electron chi connectivity index (χ0n) is 33.1. The third kappa shape index (κ3) is 5.90. The predicted octanol–water partition coefficient (Wildman–Crippen LogP) is 15.8. The summed E-state index contributed by atoms with van der Waals surface area (Å²) in [6.45, 7) is 0. The molecule has 0 spiro atoms. The van der Waals surface area contributed by atoms with Crippen LogP contribution >= 0.6 is 0 Å². The number of rotatable bonds is 6. The van der Waals surface area contributed by atoms with Crippen LogP contribution in [0, 0.1) is 0 Å². The first kappa shape index (κ1) is 34.9. The molecule has 0 aliphatic carbocycles. The fraction of sp³-hybridized carbons (Fsp3) is 0. The Bertz CT molecular complexity index is 3640. The van der Waals surface area contributed by atoms with Gasteiger partial charge in [0.15, 0.2) is 5.82 Å². The molecule has 0 amide bonds. The molecule has 61 heavy (non-hydrogen) atoms. The molecule has 12 rings (SSSR count). The quantitative estimate of drug-likeness (QED) is 0.125. The van der Waals surface area contributed by atoms with Crippen molar-refractivity contribution in [1.82, 2.24) is 9.97 Å². The van der Waals surface area contributed by atoms with E-state index in [9.17, 15) is 0 Å². The highest BCUT2D eigenvalue weighted by atomic mass is 16.3. The predicted molar refractivity (Wildman–Crippen MR) is 254 cm³/mol. The maximum Gasteiger partial charge on any atom is 0.160 e. The molecule has 2 aromatic heterocycles. The highest BCUT2D eigenvalue weighted by Gasteiger charge is 2.20. The average molecular weight is 777 g/mol. The number of nitrogens with zero attached hydrogens (tertiary/aromatic N) is 2. The van der Waals surface area contributed by atoms with Gasteiger partial charge >= 0.3 is 0 Å². The van der Waals surface area contributed by atoms with Gasteiger partial charge in [0.1, 0.15) is 11.2 Å². The van der Waals surface area contributed by atoms with E-state index in [2.05, 4.69) is 206 Å². The van der Waals surface area contributed by atoms with Crippen molar-refractivity contribution < 1.29 is 4.42 Å². The lowest BCUT2D eigenvalue weighted by atomic mass is 9.89. The van der Waals surface area contributed by atoms with Crippen molar-refractivity contribution in [2.24, 2.45) is 0 Å². The summed E-state index contributed by atoms with van der Waals surface area (Å²) in [6.07, 6.45) is 0. The van der Waals surface area contributed by atoms with E-state index in [-0.39, 0.29) is 0 Å². The van der Waals surface area contributed by atoms with E-state index in [0.717, 1.165) is 77.8 Å². The largest absolute Gasteiger partial charge is 0.455 e. The van der Waals surface area contributed by atoms with Crippen LogP contribution in [0.2, 0.25) is 0 Å². The first-order valence-electron chi connectivity index (χ1n) is 20.7. The van der Waals surface area contributed by atoms with Crippen LogP contribution in [0.4, 0.5) is 0 Å². The van der Waals surface area contributed by atoms with E-state index < -0.39 is 0 Å². The van der Waals surface area contributed by atoms with E-state index in [4.69, 9.17) is 14.4 Å². The van der Waals surface area contributed by atoms with E-state index in [1.165, 1.54) is 37.9 Å². The fourth-order valence-corrected chi connectivity index (χ4v) is 9.25. The smallest absolute Gasteiger partial charge is 0.160 e. The van der Waals surface area contributed by atoms with Crippen LogP contribution in [0.15, 0.2) is 223 Å². The minimum atomic E-state index is 0.660. The van der Waals surface area contributed by atoms with Crippen LogP contribution in [0.25, 0.3) is 122 Å². The molecule has 0 atom stereocenters. The molecular formula is C58H36N2O. The highest BCUT2D eigenvalue weighted by Crippen LogP contribution is 2.43. The van der Waals surface area contributed by atoms with Crippen molar-refractivity contribution in [3.63, 3.8) is 0 Å². The molecule has 10 aromatic carbocycles. The molecule has 12 aromatic rings. The molecular weight excluding hydrogens is 741 g/mol. The molecule has 0 N–H and O–H groups in total. The van der Waals surface area contributed by atoms with Crippen molar-refractivity contribution >= 4 is 54.3 Å². The maximum absolute atomic E-state index is 6.57. The maximum atomic E-state index is 6.57. The van der Waals surface area contributed by atoms with E-state index in [1.807, 2.05) is 12.1 Å². The number of fused-ring (bicyclic) bond motifs is 7. The number of para-hydroxylation sites is 2. The third-order valence-electron chi connectivity index (χ3n) is 12.1. The minimum Gasteiger partial charge on any atom is -0.455 e.